The van der Waals surface area contributed by atoms with Gasteiger partial charge in [0, 0.05) is 19.1 Å². The zero-order chi connectivity index (χ0) is 14.4. The summed E-state index contributed by atoms with van der Waals surface area (Å²) in [5.41, 5.74) is 1.37. The number of hydrogen-bond donors (Lipinski definition) is 2. The van der Waals surface area contributed by atoms with Gasteiger partial charge >= 0.3 is 0 Å². The maximum atomic E-state index is 12.5. The lowest BCUT2D eigenvalue weighted by Crippen LogP contribution is -2.41. The molecule has 1 aromatic rings. The Bertz CT molecular complexity index is 427. The molecule has 5 nitrogen and oxygen atoms in total. The van der Waals surface area contributed by atoms with Crippen molar-refractivity contribution in [2.75, 3.05) is 25.0 Å². The van der Waals surface area contributed by atoms with Gasteiger partial charge in [0.05, 0.1) is 18.5 Å². The molecule has 0 unspecified atom stereocenters. The second-order valence-corrected chi connectivity index (χ2v) is 5.12. The van der Waals surface area contributed by atoms with Crippen LogP contribution in [0.25, 0.3) is 0 Å². The lowest BCUT2D eigenvalue weighted by atomic mass is 10.2. The van der Waals surface area contributed by atoms with Crippen LogP contribution in [0.3, 0.4) is 0 Å². The van der Waals surface area contributed by atoms with Crippen molar-refractivity contribution in [2.24, 2.45) is 0 Å². The van der Waals surface area contributed by atoms with Crippen molar-refractivity contribution in [2.45, 2.75) is 38.6 Å². The normalized spacial score (nSPS) is 15.3. The molecule has 0 aliphatic heterocycles. The molecule has 1 amide bonds. The summed E-state index contributed by atoms with van der Waals surface area (Å²) in [6.45, 7) is 3.23. The topological polar surface area (TPSA) is 65.5 Å². The number of nitrogens with zero attached hydrogens (tertiary/aromatic N) is 2. The number of aliphatic hydroxyl groups excluding tert-OH is 1. The molecule has 2 N–H and O–H groups in total. The molecule has 1 aliphatic carbocycles. The van der Waals surface area contributed by atoms with Gasteiger partial charge in [-0.15, -0.1) is 0 Å². The quantitative estimate of drug-likeness (QED) is 0.833. The maximum Gasteiger partial charge on any atom is 0.272 e. The van der Waals surface area contributed by atoms with Crippen molar-refractivity contribution in [1.82, 2.24) is 9.88 Å². The van der Waals surface area contributed by atoms with E-state index >= 15 is 0 Å². The number of aromatic nitrogens is 1. The molecule has 2 rings (SSSR count). The smallest absolute Gasteiger partial charge is 0.272 e. The molecular formula is C15H23N3O2. The van der Waals surface area contributed by atoms with Crippen molar-refractivity contribution in [1.29, 1.82) is 0 Å². The Kier molecular flexibility index (Phi) is 5.35. The molecule has 110 valence electrons. The summed E-state index contributed by atoms with van der Waals surface area (Å²) < 4.78 is 0. The van der Waals surface area contributed by atoms with Crippen LogP contribution in [-0.4, -0.2) is 46.6 Å². The Morgan fingerprint density at radius 1 is 1.45 bits per heavy atom. The number of pyridine rings is 1. The fraction of sp³-hybridized carbons (Fsp3) is 0.600. The van der Waals surface area contributed by atoms with E-state index in [9.17, 15) is 9.90 Å². The predicted octanol–water partition coefficient (Wildman–Crippen LogP) is 1.89. The standard InChI is InChI=1S/C15H23N3O2/c1-2-16-12-7-8-14(17-11-12)15(20)18(9-10-19)13-5-3-4-6-13/h7-8,11,13,16,19H,2-6,9-10H2,1H3. The third-order valence-electron chi connectivity index (χ3n) is 3.73. The fourth-order valence-corrected chi connectivity index (χ4v) is 2.75. The molecule has 0 bridgehead atoms. The van der Waals surface area contributed by atoms with Crippen LogP contribution in [-0.2, 0) is 0 Å². The number of amides is 1. The molecule has 0 saturated heterocycles. The van der Waals surface area contributed by atoms with Gasteiger partial charge in [-0.2, -0.15) is 0 Å². The molecule has 1 fully saturated rings. The van der Waals surface area contributed by atoms with Crippen molar-refractivity contribution < 1.29 is 9.90 Å². The summed E-state index contributed by atoms with van der Waals surface area (Å²) >= 11 is 0. The Hall–Kier alpha value is -1.62. The second-order valence-electron chi connectivity index (χ2n) is 5.12. The lowest BCUT2D eigenvalue weighted by molar-refractivity contribution is 0.0632. The number of rotatable bonds is 6. The summed E-state index contributed by atoms with van der Waals surface area (Å²) in [7, 11) is 0. The molecule has 1 aromatic heterocycles. The number of hydrogen-bond acceptors (Lipinski definition) is 4. The molecule has 1 heterocycles. The highest BCUT2D eigenvalue weighted by Gasteiger charge is 2.27. The SMILES string of the molecule is CCNc1ccc(C(=O)N(CCO)C2CCCC2)nc1. The highest BCUT2D eigenvalue weighted by Crippen LogP contribution is 2.24. The number of anilines is 1. The summed E-state index contributed by atoms with van der Waals surface area (Å²) in [6, 6.07) is 3.87. The third kappa shape index (κ3) is 3.48. The minimum absolute atomic E-state index is 0.00227. The largest absolute Gasteiger partial charge is 0.395 e. The van der Waals surface area contributed by atoms with Gasteiger partial charge < -0.3 is 15.3 Å². The van der Waals surface area contributed by atoms with Gasteiger partial charge in [0.15, 0.2) is 0 Å². The van der Waals surface area contributed by atoms with E-state index in [1.54, 1.807) is 17.2 Å². The molecule has 1 saturated carbocycles. The first kappa shape index (κ1) is 14.8. The number of carbonyl (C=O) groups is 1. The Labute approximate surface area is 120 Å². The molecule has 0 spiro atoms. The Morgan fingerprint density at radius 3 is 2.75 bits per heavy atom. The highest BCUT2D eigenvalue weighted by atomic mass is 16.3. The van der Waals surface area contributed by atoms with Gasteiger partial charge in [-0.25, -0.2) is 4.98 Å². The summed E-state index contributed by atoms with van der Waals surface area (Å²) in [5, 5.41) is 12.3. The van der Waals surface area contributed by atoms with Gasteiger partial charge in [0.2, 0.25) is 0 Å². The van der Waals surface area contributed by atoms with E-state index < -0.39 is 0 Å². The average Bonchev–Trinajstić information content (AvgIpc) is 2.99. The van der Waals surface area contributed by atoms with Gasteiger partial charge in [0.25, 0.3) is 5.91 Å². The Balaban J connectivity index is 2.09. The molecule has 0 atom stereocenters. The first-order valence-corrected chi connectivity index (χ1v) is 7.38. The maximum absolute atomic E-state index is 12.5. The molecular weight excluding hydrogens is 254 g/mol. The van der Waals surface area contributed by atoms with Crippen LogP contribution in [0.5, 0.6) is 0 Å². The fourth-order valence-electron chi connectivity index (χ4n) is 2.75. The van der Waals surface area contributed by atoms with Gasteiger partial charge in [-0.05, 0) is 31.9 Å². The highest BCUT2D eigenvalue weighted by molar-refractivity contribution is 5.92. The number of aliphatic hydroxyl groups is 1. The van der Waals surface area contributed by atoms with Crippen LogP contribution in [0.15, 0.2) is 18.3 Å². The van der Waals surface area contributed by atoms with E-state index in [0.29, 0.717) is 12.2 Å². The Morgan fingerprint density at radius 2 is 2.20 bits per heavy atom. The van der Waals surface area contributed by atoms with Crippen LogP contribution in [0.2, 0.25) is 0 Å². The lowest BCUT2D eigenvalue weighted by Gasteiger charge is -2.28. The molecule has 0 aromatic carbocycles. The van der Waals surface area contributed by atoms with E-state index in [-0.39, 0.29) is 18.6 Å². The minimum atomic E-state index is -0.0750. The van der Waals surface area contributed by atoms with E-state index in [2.05, 4.69) is 10.3 Å². The van der Waals surface area contributed by atoms with Crippen LogP contribution >= 0.6 is 0 Å². The van der Waals surface area contributed by atoms with E-state index in [4.69, 9.17) is 0 Å². The van der Waals surface area contributed by atoms with Gasteiger partial charge in [-0.1, -0.05) is 12.8 Å². The van der Waals surface area contributed by atoms with E-state index in [1.165, 1.54) is 0 Å². The zero-order valence-electron chi connectivity index (χ0n) is 12.0. The van der Waals surface area contributed by atoms with Crippen molar-refractivity contribution in [3.8, 4) is 0 Å². The monoisotopic (exact) mass is 277 g/mol. The number of carbonyl (C=O) groups excluding carboxylic acids is 1. The second kappa shape index (κ2) is 7.24. The third-order valence-corrected chi connectivity index (χ3v) is 3.73. The summed E-state index contributed by atoms with van der Waals surface area (Å²) in [4.78, 5) is 18.5. The van der Waals surface area contributed by atoms with Crippen LogP contribution < -0.4 is 5.32 Å². The summed E-state index contributed by atoms with van der Waals surface area (Å²) in [6.07, 6.45) is 6.06. The van der Waals surface area contributed by atoms with Crippen LogP contribution in [0.1, 0.15) is 43.1 Å². The van der Waals surface area contributed by atoms with Crippen molar-refractivity contribution in [3.63, 3.8) is 0 Å². The minimum Gasteiger partial charge on any atom is -0.395 e. The predicted molar refractivity (Wildman–Crippen MR) is 78.8 cm³/mol. The summed E-state index contributed by atoms with van der Waals surface area (Å²) in [5.74, 6) is -0.0750. The van der Waals surface area contributed by atoms with Crippen molar-refractivity contribution in [3.05, 3.63) is 24.0 Å². The van der Waals surface area contributed by atoms with Crippen molar-refractivity contribution >= 4 is 11.6 Å². The van der Waals surface area contributed by atoms with Gasteiger partial charge in [-0.3, -0.25) is 4.79 Å². The first-order chi connectivity index (χ1) is 9.76. The average molecular weight is 277 g/mol. The van der Waals surface area contributed by atoms with Crippen LogP contribution in [0, 0.1) is 0 Å². The zero-order valence-corrected chi connectivity index (χ0v) is 12.0. The van der Waals surface area contributed by atoms with Crippen LogP contribution in [0.4, 0.5) is 5.69 Å². The number of nitrogens with one attached hydrogen (secondary N) is 1. The van der Waals surface area contributed by atoms with E-state index in [0.717, 1.165) is 37.9 Å². The molecule has 20 heavy (non-hydrogen) atoms. The molecule has 0 radical (unpaired) electrons. The molecule has 1 aliphatic rings. The van der Waals surface area contributed by atoms with E-state index in [1.807, 2.05) is 13.0 Å². The van der Waals surface area contributed by atoms with Gasteiger partial charge in [0.1, 0.15) is 5.69 Å². The first-order valence-electron chi connectivity index (χ1n) is 7.38. The molecule has 5 heteroatoms.